The number of carbonyl (C=O) groups excluding carboxylic acids is 1. The third-order valence-corrected chi connectivity index (χ3v) is 13.9. The number of hydrogen-bond donors (Lipinski definition) is 1. The number of aliphatic hydroxyl groups is 1. The normalized spacial score (nSPS) is 52.2. The molecule has 0 amide bonds. The zero-order valence-corrected chi connectivity index (χ0v) is 24.2. The molecule has 5 aliphatic rings. The van der Waals surface area contributed by atoms with Gasteiger partial charge in [-0.25, -0.2) is 0 Å². The van der Waals surface area contributed by atoms with E-state index in [2.05, 4.69) is 54.5 Å². The third-order valence-electron chi connectivity index (χ3n) is 13.1. The molecule has 0 saturated heterocycles. The summed E-state index contributed by atoms with van der Waals surface area (Å²) in [6.07, 6.45) is 11.5. The van der Waals surface area contributed by atoms with Crippen molar-refractivity contribution in [2.75, 3.05) is 7.11 Å². The monoisotopic (exact) mass is 504 g/mol. The molecule has 4 fully saturated rings. The van der Waals surface area contributed by atoms with Crippen molar-refractivity contribution in [3.63, 3.8) is 0 Å². The van der Waals surface area contributed by atoms with E-state index in [4.69, 9.17) is 16.3 Å². The molecular formula is C31H49ClO3. The highest BCUT2D eigenvalue weighted by molar-refractivity contribution is 6.21. The minimum atomic E-state index is -0.453. The van der Waals surface area contributed by atoms with E-state index in [1.165, 1.54) is 12.8 Å². The lowest BCUT2D eigenvalue weighted by Gasteiger charge is -2.71. The lowest BCUT2D eigenvalue weighted by atomic mass is 9.33. The number of fused-ring (bicyclic) bond motifs is 7. The van der Waals surface area contributed by atoms with Crippen LogP contribution in [0.15, 0.2) is 11.6 Å². The van der Waals surface area contributed by atoms with E-state index in [1.54, 1.807) is 12.7 Å². The molecule has 0 aromatic carbocycles. The molecule has 0 spiro atoms. The molecule has 0 heterocycles. The maximum absolute atomic E-state index is 13.4. The van der Waals surface area contributed by atoms with Crippen LogP contribution in [0.4, 0.5) is 0 Å². The van der Waals surface area contributed by atoms with E-state index >= 15 is 0 Å². The van der Waals surface area contributed by atoms with E-state index in [0.717, 1.165) is 44.9 Å². The van der Waals surface area contributed by atoms with E-state index in [1.807, 2.05) is 0 Å². The standard InChI is InChI=1S/C31H49ClO3/c1-26(2)13-15-31(25(34)35-8)16-14-29(6)19(20(31)17-26)9-10-23-28(5)18-21(33)24(32)27(3,4)22(28)11-12-30(23,29)7/h9,20-24,33H,10-18H2,1-8H3/t20-,21+,22-,23+,24-,28-,29+,30+,31-/m0/s1. The fraction of sp³-hybridized carbons (Fsp3) is 0.903. The summed E-state index contributed by atoms with van der Waals surface area (Å²) in [4.78, 5) is 13.4. The van der Waals surface area contributed by atoms with Crippen LogP contribution >= 0.6 is 11.6 Å². The van der Waals surface area contributed by atoms with Crippen LogP contribution in [0.3, 0.4) is 0 Å². The van der Waals surface area contributed by atoms with Crippen molar-refractivity contribution in [3.8, 4) is 0 Å². The molecule has 0 aromatic heterocycles. The van der Waals surface area contributed by atoms with Crippen LogP contribution in [-0.2, 0) is 9.53 Å². The van der Waals surface area contributed by atoms with Crippen LogP contribution in [0.5, 0.6) is 0 Å². The van der Waals surface area contributed by atoms with Crippen molar-refractivity contribution in [3.05, 3.63) is 11.6 Å². The maximum Gasteiger partial charge on any atom is 0.312 e. The predicted octanol–water partition coefficient (Wildman–Crippen LogP) is 7.54. The number of carbonyl (C=O) groups is 1. The van der Waals surface area contributed by atoms with Gasteiger partial charge in [-0.3, -0.25) is 4.79 Å². The van der Waals surface area contributed by atoms with Crippen molar-refractivity contribution >= 4 is 17.6 Å². The highest BCUT2D eigenvalue weighted by atomic mass is 35.5. The van der Waals surface area contributed by atoms with Crippen molar-refractivity contribution in [2.24, 2.45) is 50.2 Å². The van der Waals surface area contributed by atoms with Gasteiger partial charge in [0.2, 0.25) is 0 Å². The Labute approximate surface area is 218 Å². The molecule has 35 heavy (non-hydrogen) atoms. The first-order valence-corrected chi connectivity index (χ1v) is 14.6. The van der Waals surface area contributed by atoms with Crippen LogP contribution in [0, 0.1) is 50.2 Å². The molecule has 0 unspecified atom stereocenters. The first-order chi connectivity index (χ1) is 16.1. The molecule has 5 aliphatic carbocycles. The van der Waals surface area contributed by atoms with Crippen LogP contribution in [0.25, 0.3) is 0 Å². The van der Waals surface area contributed by atoms with E-state index < -0.39 is 6.10 Å². The van der Waals surface area contributed by atoms with Crippen molar-refractivity contribution in [1.29, 1.82) is 0 Å². The second-order valence-electron chi connectivity index (χ2n) is 15.4. The van der Waals surface area contributed by atoms with E-state index in [-0.39, 0.29) is 49.8 Å². The zero-order chi connectivity index (χ0) is 25.8. The molecular weight excluding hydrogens is 456 g/mol. The van der Waals surface area contributed by atoms with Gasteiger partial charge in [0.05, 0.1) is 24.0 Å². The van der Waals surface area contributed by atoms with Gasteiger partial charge < -0.3 is 9.84 Å². The quantitative estimate of drug-likeness (QED) is 0.228. The van der Waals surface area contributed by atoms with Crippen molar-refractivity contribution in [1.82, 2.24) is 0 Å². The van der Waals surface area contributed by atoms with Gasteiger partial charge in [-0.1, -0.05) is 60.1 Å². The summed E-state index contributed by atoms with van der Waals surface area (Å²) in [7, 11) is 1.58. The number of halogens is 1. The number of esters is 1. The Balaban J connectivity index is 1.61. The fourth-order valence-electron chi connectivity index (χ4n) is 10.9. The summed E-state index contributed by atoms with van der Waals surface area (Å²) in [5.41, 5.74) is 1.67. The van der Waals surface area contributed by atoms with Gasteiger partial charge in [-0.15, -0.1) is 11.6 Å². The SMILES string of the molecule is COC(=O)[C@]12CCC(C)(C)C[C@H]1C1=CC[C@@H]3[C@@]4(C)C[C@@H](O)[C@H](Cl)C(C)(C)[C@@H]4CC[C@@]3(C)[C@]1(C)CC2. The lowest BCUT2D eigenvalue weighted by molar-refractivity contribution is -0.200. The second-order valence-corrected chi connectivity index (χ2v) is 15.8. The van der Waals surface area contributed by atoms with Crippen molar-refractivity contribution in [2.45, 2.75) is 118 Å². The third kappa shape index (κ3) is 3.22. The van der Waals surface area contributed by atoms with Gasteiger partial charge in [-0.05, 0) is 103 Å². The molecule has 9 atom stereocenters. The summed E-state index contributed by atoms with van der Waals surface area (Å²) >= 11 is 6.84. The summed E-state index contributed by atoms with van der Waals surface area (Å²) in [6, 6.07) is 0. The van der Waals surface area contributed by atoms with Gasteiger partial charge >= 0.3 is 5.97 Å². The molecule has 0 radical (unpaired) electrons. The first kappa shape index (κ1) is 26.1. The minimum Gasteiger partial charge on any atom is -0.469 e. The van der Waals surface area contributed by atoms with Gasteiger partial charge in [0, 0.05) is 0 Å². The van der Waals surface area contributed by atoms with Gasteiger partial charge in [-0.2, -0.15) is 0 Å². The molecule has 0 aliphatic heterocycles. The minimum absolute atomic E-state index is 0.0224. The van der Waals surface area contributed by atoms with Crippen LogP contribution in [0.2, 0.25) is 0 Å². The molecule has 3 nitrogen and oxygen atoms in total. The number of aliphatic hydroxyl groups excluding tert-OH is 1. The van der Waals surface area contributed by atoms with Crippen LogP contribution in [-0.4, -0.2) is 29.7 Å². The summed E-state index contributed by atoms with van der Waals surface area (Å²) in [5.74, 6) is 1.34. The Bertz CT molecular complexity index is 938. The number of allylic oxidation sites excluding steroid dienone is 2. The number of ether oxygens (including phenoxy) is 1. The van der Waals surface area contributed by atoms with Gasteiger partial charge in [0.25, 0.3) is 0 Å². The lowest BCUT2D eigenvalue weighted by Crippen LogP contribution is -2.66. The topological polar surface area (TPSA) is 46.5 Å². The number of rotatable bonds is 1. The molecule has 1 N–H and O–H groups in total. The molecule has 198 valence electrons. The summed E-state index contributed by atoms with van der Waals surface area (Å²) < 4.78 is 5.49. The number of hydrogen-bond acceptors (Lipinski definition) is 3. The van der Waals surface area contributed by atoms with E-state index in [0.29, 0.717) is 11.8 Å². The molecule has 0 aromatic rings. The van der Waals surface area contributed by atoms with Gasteiger partial charge in [0.1, 0.15) is 0 Å². The summed E-state index contributed by atoms with van der Waals surface area (Å²) in [5, 5.41) is 10.9. The molecule has 4 heteroatoms. The van der Waals surface area contributed by atoms with Crippen LogP contribution in [0.1, 0.15) is 106 Å². The molecule has 5 rings (SSSR count). The highest BCUT2D eigenvalue weighted by Crippen LogP contribution is 2.76. The number of methoxy groups -OCH3 is 1. The maximum atomic E-state index is 13.4. The van der Waals surface area contributed by atoms with Gasteiger partial charge in [0.15, 0.2) is 0 Å². The molecule has 0 bridgehead atoms. The highest BCUT2D eigenvalue weighted by Gasteiger charge is 2.70. The second kappa shape index (κ2) is 7.75. The Morgan fingerprint density at radius 2 is 1.63 bits per heavy atom. The molecule has 4 saturated carbocycles. The summed E-state index contributed by atoms with van der Waals surface area (Å²) in [6.45, 7) is 16.9. The Kier molecular flexibility index (Phi) is 5.77. The number of alkyl halides is 1. The fourth-order valence-corrected chi connectivity index (χ4v) is 11.2. The Morgan fingerprint density at radius 3 is 2.29 bits per heavy atom. The average molecular weight is 505 g/mol. The van der Waals surface area contributed by atoms with E-state index in [9.17, 15) is 9.90 Å². The Morgan fingerprint density at radius 1 is 0.971 bits per heavy atom. The Hall–Kier alpha value is -0.540. The smallest absolute Gasteiger partial charge is 0.312 e. The average Bonchev–Trinajstić information content (AvgIpc) is 2.77. The first-order valence-electron chi connectivity index (χ1n) is 14.2. The predicted molar refractivity (Wildman–Crippen MR) is 142 cm³/mol. The van der Waals surface area contributed by atoms with Crippen molar-refractivity contribution < 1.29 is 14.6 Å². The zero-order valence-electron chi connectivity index (χ0n) is 23.5. The largest absolute Gasteiger partial charge is 0.469 e. The van der Waals surface area contributed by atoms with Crippen LogP contribution < -0.4 is 0 Å².